The lowest BCUT2D eigenvalue weighted by atomic mass is 10.2. The zero-order valence-corrected chi connectivity index (χ0v) is 15.8. The van der Waals surface area contributed by atoms with E-state index in [9.17, 15) is 21.2 Å². The summed E-state index contributed by atoms with van der Waals surface area (Å²) in [6.07, 6.45) is 1.39. The van der Waals surface area contributed by atoms with Crippen LogP contribution in [0.4, 0.5) is 15.8 Å². The maximum absolute atomic E-state index is 13.6. The normalized spacial score (nSPS) is 17.1. The molecule has 0 atom stereocenters. The maximum Gasteiger partial charge on any atom is 0.261 e. The van der Waals surface area contributed by atoms with Crippen LogP contribution in [0.3, 0.4) is 0 Å². The molecule has 1 fully saturated rings. The molecule has 2 aromatic rings. The van der Waals surface area contributed by atoms with Crippen LogP contribution < -0.4 is 9.03 Å². The van der Waals surface area contributed by atoms with Gasteiger partial charge in [0, 0.05) is 6.54 Å². The average Bonchev–Trinajstić information content (AvgIpc) is 2.58. The van der Waals surface area contributed by atoms with E-state index in [-0.39, 0.29) is 16.3 Å². The molecule has 0 saturated carbocycles. The fourth-order valence-corrected chi connectivity index (χ4v) is 5.43. The quantitative estimate of drug-likeness (QED) is 0.858. The van der Waals surface area contributed by atoms with Gasteiger partial charge in [-0.2, -0.15) is 0 Å². The number of sulfonamides is 2. The van der Waals surface area contributed by atoms with Crippen molar-refractivity contribution >= 4 is 31.4 Å². The lowest BCUT2D eigenvalue weighted by Gasteiger charge is -2.28. The van der Waals surface area contributed by atoms with Crippen molar-refractivity contribution in [2.45, 2.75) is 24.7 Å². The van der Waals surface area contributed by atoms with Gasteiger partial charge in [-0.1, -0.05) is 6.07 Å². The largest absolute Gasteiger partial charge is 0.280 e. The molecule has 0 aromatic heterocycles. The van der Waals surface area contributed by atoms with Crippen LogP contribution in [0.2, 0.25) is 0 Å². The average molecular weight is 398 g/mol. The second-order valence-electron chi connectivity index (χ2n) is 6.16. The van der Waals surface area contributed by atoms with Crippen LogP contribution in [0.25, 0.3) is 0 Å². The van der Waals surface area contributed by atoms with Gasteiger partial charge < -0.3 is 0 Å². The molecule has 2 aromatic carbocycles. The van der Waals surface area contributed by atoms with Gasteiger partial charge in [0.2, 0.25) is 10.0 Å². The molecule has 1 aliphatic rings. The number of benzene rings is 2. The van der Waals surface area contributed by atoms with Gasteiger partial charge in [-0.15, -0.1) is 0 Å². The third-order valence-electron chi connectivity index (χ3n) is 4.21. The van der Waals surface area contributed by atoms with E-state index in [4.69, 9.17) is 0 Å². The molecule has 9 heteroatoms. The first-order valence-corrected chi connectivity index (χ1v) is 11.2. The fraction of sp³-hybridized carbons (Fsp3) is 0.294. The lowest BCUT2D eigenvalue weighted by Crippen LogP contribution is -2.37. The Morgan fingerprint density at radius 2 is 1.77 bits per heavy atom. The molecule has 0 aliphatic carbocycles. The molecule has 6 nitrogen and oxygen atoms in total. The summed E-state index contributed by atoms with van der Waals surface area (Å²) in [6.45, 7) is 1.97. The summed E-state index contributed by atoms with van der Waals surface area (Å²) in [5.74, 6) is -0.413. The summed E-state index contributed by atoms with van der Waals surface area (Å²) in [4.78, 5) is -0.0309. The van der Waals surface area contributed by atoms with Crippen LogP contribution in [-0.2, 0) is 20.0 Å². The minimum Gasteiger partial charge on any atom is -0.280 e. The highest BCUT2D eigenvalue weighted by molar-refractivity contribution is 7.93. The zero-order chi connectivity index (χ0) is 18.9. The van der Waals surface area contributed by atoms with Gasteiger partial charge in [0.15, 0.2) is 0 Å². The number of hydrogen-bond acceptors (Lipinski definition) is 4. The SMILES string of the molecule is Cc1ccc(NS(=O)(=O)c2ccc(N3CCCCS3(=O)=O)cc2)cc1F. The molecule has 0 bridgehead atoms. The van der Waals surface area contributed by atoms with E-state index in [0.717, 1.165) is 12.5 Å². The van der Waals surface area contributed by atoms with Crippen molar-refractivity contribution < 1.29 is 21.2 Å². The minimum atomic E-state index is -3.90. The van der Waals surface area contributed by atoms with Crippen molar-refractivity contribution in [3.05, 3.63) is 53.8 Å². The van der Waals surface area contributed by atoms with Crippen molar-refractivity contribution in [1.29, 1.82) is 0 Å². The van der Waals surface area contributed by atoms with Crippen LogP contribution >= 0.6 is 0 Å². The Labute approximate surface area is 152 Å². The molecule has 1 N–H and O–H groups in total. The van der Waals surface area contributed by atoms with Crippen LogP contribution in [0.1, 0.15) is 18.4 Å². The Kier molecular flexibility index (Phi) is 4.94. The number of rotatable bonds is 4. The Hall–Kier alpha value is -2.13. The van der Waals surface area contributed by atoms with Crippen molar-refractivity contribution in [1.82, 2.24) is 0 Å². The minimum absolute atomic E-state index is 0.0309. The standard InChI is InChI=1S/C17H19FN2O4S2/c1-13-4-5-14(12-17(13)18)19-26(23,24)16-8-6-15(7-9-16)20-10-2-3-11-25(20,21)22/h4-9,12,19H,2-3,10-11H2,1H3. The topological polar surface area (TPSA) is 83.6 Å². The van der Waals surface area contributed by atoms with Crippen molar-refractivity contribution in [2.24, 2.45) is 0 Å². The molecule has 1 heterocycles. The van der Waals surface area contributed by atoms with Crippen LogP contribution in [0.5, 0.6) is 0 Å². The van der Waals surface area contributed by atoms with Crippen molar-refractivity contribution in [2.75, 3.05) is 21.3 Å². The monoisotopic (exact) mass is 398 g/mol. The Bertz CT molecular complexity index is 1020. The number of aryl methyl sites for hydroxylation is 1. The van der Waals surface area contributed by atoms with E-state index in [2.05, 4.69) is 4.72 Å². The molecule has 0 unspecified atom stereocenters. The Balaban J connectivity index is 1.84. The molecule has 1 saturated heterocycles. The van der Waals surface area contributed by atoms with E-state index < -0.39 is 25.9 Å². The number of halogens is 1. The predicted molar refractivity (Wildman–Crippen MR) is 98.8 cm³/mol. The first-order chi connectivity index (χ1) is 12.2. The van der Waals surface area contributed by atoms with Gasteiger partial charge in [-0.3, -0.25) is 9.03 Å². The lowest BCUT2D eigenvalue weighted by molar-refractivity contribution is 0.574. The van der Waals surface area contributed by atoms with Gasteiger partial charge >= 0.3 is 0 Å². The number of hydrogen-bond donors (Lipinski definition) is 1. The van der Waals surface area contributed by atoms with Crippen LogP contribution in [0, 0.1) is 12.7 Å². The number of nitrogens with one attached hydrogen (secondary N) is 1. The molecule has 1 aliphatic heterocycles. The van der Waals surface area contributed by atoms with E-state index >= 15 is 0 Å². The molecule has 0 radical (unpaired) electrons. The van der Waals surface area contributed by atoms with E-state index in [1.165, 1.54) is 40.7 Å². The molecular formula is C17H19FN2O4S2. The van der Waals surface area contributed by atoms with Gasteiger partial charge in [0.1, 0.15) is 5.82 Å². The molecule has 140 valence electrons. The highest BCUT2D eigenvalue weighted by Gasteiger charge is 2.26. The summed E-state index contributed by atoms with van der Waals surface area (Å²) in [6, 6.07) is 9.68. The smallest absolute Gasteiger partial charge is 0.261 e. The van der Waals surface area contributed by atoms with E-state index in [1.54, 1.807) is 6.92 Å². The van der Waals surface area contributed by atoms with E-state index in [1.807, 2.05) is 0 Å². The molecule has 3 rings (SSSR count). The second kappa shape index (κ2) is 6.88. The molecule has 26 heavy (non-hydrogen) atoms. The third-order valence-corrected chi connectivity index (χ3v) is 7.48. The van der Waals surface area contributed by atoms with Crippen LogP contribution in [0.15, 0.2) is 47.4 Å². The summed E-state index contributed by atoms with van der Waals surface area (Å²) in [5, 5.41) is 0. The summed E-state index contributed by atoms with van der Waals surface area (Å²) in [5.41, 5.74) is 0.973. The van der Waals surface area contributed by atoms with Crippen molar-refractivity contribution in [3.63, 3.8) is 0 Å². The number of nitrogens with zero attached hydrogens (tertiary/aromatic N) is 1. The molecular weight excluding hydrogens is 379 g/mol. The van der Waals surface area contributed by atoms with E-state index in [0.29, 0.717) is 24.2 Å². The van der Waals surface area contributed by atoms with Crippen molar-refractivity contribution in [3.8, 4) is 0 Å². The van der Waals surface area contributed by atoms with Gasteiger partial charge in [-0.05, 0) is 61.7 Å². The number of anilines is 2. The Morgan fingerprint density at radius 3 is 2.38 bits per heavy atom. The Morgan fingerprint density at radius 1 is 1.08 bits per heavy atom. The van der Waals surface area contributed by atoms with Gasteiger partial charge in [-0.25, -0.2) is 21.2 Å². The highest BCUT2D eigenvalue weighted by Crippen LogP contribution is 2.26. The molecule has 0 amide bonds. The summed E-state index contributed by atoms with van der Waals surface area (Å²) >= 11 is 0. The summed E-state index contributed by atoms with van der Waals surface area (Å²) in [7, 11) is -7.26. The highest BCUT2D eigenvalue weighted by atomic mass is 32.2. The maximum atomic E-state index is 13.6. The first kappa shape index (κ1) is 18.7. The molecule has 0 spiro atoms. The second-order valence-corrected chi connectivity index (χ2v) is 9.85. The fourth-order valence-electron chi connectivity index (χ4n) is 2.74. The third kappa shape index (κ3) is 3.83. The van der Waals surface area contributed by atoms with Gasteiger partial charge in [0.05, 0.1) is 22.0 Å². The van der Waals surface area contributed by atoms with Crippen LogP contribution in [-0.4, -0.2) is 29.1 Å². The summed E-state index contributed by atoms with van der Waals surface area (Å²) < 4.78 is 66.4. The zero-order valence-electron chi connectivity index (χ0n) is 14.1. The van der Waals surface area contributed by atoms with Gasteiger partial charge in [0.25, 0.3) is 10.0 Å². The first-order valence-electron chi connectivity index (χ1n) is 8.08. The predicted octanol–water partition coefficient (Wildman–Crippen LogP) is 2.86.